The van der Waals surface area contributed by atoms with Gasteiger partial charge in [-0.1, -0.05) is 6.07 Å². The lowest BCUT2D eigenvalue weighted by molar-refractivity contribution is 0.0259. The van der Waals surface area contributed by atoms with Crippen molar-refractivity contribution in [1.82, 2.24) is 5.32 Å². The van der Waals surface area contributed by atoms with Crippen LogP contribution in [0.4, 0.5) is 0 Å². The second-order valence-electron chi connectivity index (χ2n) is 4.92. The van der Waals surface area contributed by atoms with Crippen LogP contribution in [0.15, 0.2) is 18.2 Å². The van der Waals surface area contributed by atoms with Crippen molar-refractivity contribution < 1.29 is 14.3 Å². The van der Waals surface area contributed by atoms with E-state index in [0.717, 1.165) is 26.0 Å². The topological polar surface area (TPSA) is 47.6 Å². The number of hydrogen-bond acceptors (Lipinski definition) is 4. The molecule has 1 spiro atoms. The SMILES string of the molecule is COC(=O)c1ccc2c(c1)[C@]1(CC2)COCCN1. The van der Waals surface area contributed by atoms with Crippen LogP contribution in [0.25, 0.3) is 0 Å². The van der Waals surface area contributed by atoms with E-state index in [4.69, 9.17) is 9.47 Å². The maximum Gasteiger partial charge on any atom is 0.337 e. The first-order chi connectivity index (χ1) is 8.75. The van der Waals surface area contributed by atoms with E-state index in [1.54, 1.807) is 0 Å². The van der Waals surface area contributed by atoms with Gasteiger partial charge in [0.1, 0.15) is 0 Å². The van der Waals surface area contributed by atoms with Gasteiger partial charge in [0, 0.05) is 6.54 Å². The molecule has 0 aromatic heterocycles. The molecule has 0 unspecified atom stereocenters. The molecule has 0 saturated carbocycles. The summed E-state index contributed by atoms with van der Waals surface area (Å²) in [5.41, 5.74) is 3.02. The molecule has 0 amide bonds. The molecule has 1 aromatic carbocycles. The Labute approximate surface area is 106 Å². The standard InChI is InChI=1S/C14H17NO3/c1-17-13(16)11-3-2-10-4-5-14(12(10)8-11)9-18-7-6-15-14/h2-3,8,15H,4-7,9H2,1H3/t14-/m0/s1. The van der Waals surface area contributed by atoms with Gasteiger partial charge in [-0.25, -0.2) is 4.79 Å². The number of fused-ring (bicyclic) bond motifs is 2. The Morgan fingerprint density at radius 1 is 1.50 bits per heavy atom. The highest BCUT2D eigenvalue weighted by atomic mass is 16.5. The molecule has 0 radical (unpaired) electrons. The summed E-state index contributed by atoms with van der Waals surface area (Å²) in [6.07, 6.45) is 2.07. The molecular formula is C14H17NO3. The first-order valence-electron chi connectivity index (χ1n) is 6.30. The third kappa shape index (κ3) is 1.72. The van der Waals surface area contributed by atoms with E-state index >= 15 is 0 Å². The number of esters is 1. The number of benzene rings is 1. The minimum atomic E-state index is -0.281. The number of methoxy groups -OCH3 is 1. The minimum absolute atomic E-state index is 0.0996. The molecule has 1 heterocycles. The highest BCUT2D eigenvalue weighted by Crippen LogP contribution is 2.38. The summed E-state index contributed by atoms with van der Waals surface area (Å²) < 4.78 is 10.4. The molecule has 96 valence electrons. The van der Waals surface area contributed by atoms with Crippen LogP contribution in [0, 0.1) is 0 Å². The van der Waals surface area contributed by atoms with Gasteiger partial charge in [0.15, 0.2) is 0 Å². The number of carbonyl (C=O) groups excluding carboxylic acids is 1. The first-order valence-corrected chi connectivity index (χ1v) is 6.30. The Hall–Kier alpha value is -1.39. The number of ether oxygens (including phenoxy) is 2. The summed E-state index contributed by atoms with van der Waals surface area (Å²) >= 11 is 0. The quantitative estimate of drug-likeness (QED) is 0.758. The van der Waals surface area contributed by atoms with Gasteiger partial charge in [-0.2, -0.15) is 0 Å². The lowest BCUT2D eigenvalue weighted by Crippen LogP contribution is -2.50. The maximum absolute atomic E-state index is 11.6. The van der Waals surface area contributed by atoms with Gasteiger partial charge in [-0.3, -0.25) is 0 Å². The Balaban J connectivity index is 2.00. The monoisotopic (exact) mass is 247 g/mol. The summed E-state index contributed by atoms with van der Waals surface area (Å²) in [5, 5.41) is 3.56. The molecule has 4 nitrogen and oxygen atoms in total. The van der Waals surface area contributed by atoms with Gasteiger partial charge in [-0.05, 0) is 36.1 Å². The Morgan fingerprint density at radius 2 is 2.39 bits per heavy atom. The number of rotatable bonds is 1. The van der Waals surface area contributed by atoms with Crippen molar-refractivity contribution in [3.63, 3.8) is 0 Å². The smallest absolute Gasteiger partial charge is 0.337 e. The Morgan fingerprint density at radius 3 is 3.11 bits per heavy atom. The van der Waals surface area contributed by atoms with Gasteiger partial charge >= 0.3 is 5.97 Å². The lowest BCUT2D eigenvalue weighted by Gasteiger charge is -2.35. The number of morpholine rings is 1. The zero-order valence-corrected chi connectivity index (χ0v) is 10.5. The summed E-state index contributed by atoms with van der Waals surface area (Å²) in [6, 6.07) is 5.83. The molecule has 4 heteroatoms. The average molecular weight is 247 g/mol. The second kappa shape index (κ2) is 4.37. The van der Waals surface area contributed by atoms with Crippen LogP contribution in [0.1, 0.15) is 27.9 Å². The van der Waals surface area contributed by atoms with Crippen molar-refractivity contribution in [2.45, 2.75) is 18.4 Å². The molecule has 1 saturated heterocycles. The van der Waals surface area contributed by atoms with Crippen molar-refractivity contribution in [1.29, 1.82) is 0 Å². The Kier molecular flexibility index (Phi) is 2.84. The molecular weight excluding hydrogens is 230 g/mol. The number of nitrogens with one attached hydrogen (secondary N) is 1. The summed E-state index contributed by atoms with van der Waals surface area (Å²) in [7, 11) is 1.41. The van der Waals surface area contributed by atoms with E-state index in [2.05, 4.69) is 5.32 Å². The average Bonchev–Trinajstić information content (AvgIpc) is 2.77. The third-order valence-electron chi connectivity index (χ3n) is 3.93. The van der Waals surface area contributed by atoms with Gasteiger partial charge in [-0.15, -0.1) is 0 Å². The number of hydrogen-bond donors (Lipinski definition) is 1. The lowest BCUT2D eigenvalue weighted by atomic mass is 9.90. The van der Waals surface area contributed by atoms with Crippen LogP contribution in [-0.4, -0.2) is 32.8 Å². The Bertz CT molecular complexity index is 472. The van der Waals surface area contributed by atoms with Crippen LogP contribution < -0.4 is 5.32 Å². The largest absolute Gasteiger partial charge is 0.465 e. The normalized spacial score (nSPS) is 26.1. The van der Waals surface area contributed by atoms with Crippen LogP contribution in [0.5, 0.6) is 0 Å². The second-order valence-corrected chi connectivity index (χ2v) is 4.92. The van der Waals surface area contributed by atoms with Crippen molar-refractivity contribution in [2.24, 2.45) is 0 Å². The first kappa shape index (κ1) is 11.7. The molecule has 1 atom stereocenters. The van der Waals surface area contributed by atoms with Gasteiger partial charge < -0.3 is 14.8 Å². The van der Waals surface area contributed by atoms with Crippen molar-refractivity contribution >= 4 is 5.97 Å². The molecule has 1 fully saturated rings. The summed E-state index contributed by atoms with van der Waals surface area (Å²) in [5.74, 6) is -0.281. The van der Waals surface area contributed by atoms with Crippen molar-refractivity contribution in [2.75, 3.05) is 26.9 Å². The highest BCUT2D eigenvalue weighted by molar-refractivity contribution is 5.89. The highest BCUT2D eigenvalue weighted by Gasteiger charge is 2.40. The number of aryl methyl sites for hydroxylation is 1. The van der Waals surface area contributed by atoms with Crippen molar-refractivity contribution in [3.8, 4) is 0 Å². The van der Waals surface area contributed by atoms with Gasteiger partial charge in [0.2, 0.25) is 0 Å². The fourth-order valence-corrected chi connectivity index (χ4v) is 2.96. The van der Waals surface area contributed by atoms with Crippen LogP contribution in [0.3, 0.4) is 0 Å². The van der Waals surface area contributed by atoms with E-state index in [9.17, 15) is 4.79 Å². The maximum atomic E-state index is 11.6. The molecule has 0 bridgehead atoms. The molecule has 1 aromatic rings. The zero-order chi connectivity index (χ0) is 12.6. The van der Waals surface area contributed by atoms with E-state index in [1.165, 1.54) is 18.2 Å². The fourth-order valence-electron chi connectivity index (χ4n) is 2.96. The van der Waals surface area contributed by atoms with E-state index in [-0.39, 0.29) is 11.5 Å². The molecule has 2 aliphatic rings. The van der Waals surface area contributed by atoms with E-state index in [0.29, 0.717) is 12.2 Å². The van der Waals surface area contributed by atoms with Crippen LogP contribution in [-0.2, 0) is 21.4 Å². The summed E-state index contributed by atoms with van der Waals surface area (Å²) in [4.78, 5) is 11.6. The molecule has 3 rings (SSSR count). The van der Waals surface area contributed by atoms with Gasteiger partial charge in [0.05, 0.1) is 31.4 Å². The van der Waals surface area contributed by atoms with Crippen LogP contribution >= 0.6 is 0 Å². The number of carbonyl (C=O) groups is 1. The third-order valence-corrected chi connectivity index (χ3v) is 3.93. The van der Waals surface area contributed by atoms with E-state index < -0.39 is 0 Å². The predicted molar refractivity (Wildman–Crippen MR) is 66.6 cm³/mol. The molecule has 18 heavy (non-hydrogen) atoms. The fraction of sp³-hybridized carbons (Fsp3) is 0.500. The zero-order valence-electron chi connectivity index (χ0n) is 10.5. The van der Waals surface area contributed by atoms with Crippen molar-refractivity contribution in [3.05, 3.63) is 34.9 Å². The molecule has 1 N–H and O–H groups in total. The van der Waals surface area contributed by atoms with Gasteiger partial charge in [0.25, 0.3) is 0 Å². The predicted octanol–water partition coefficient (Wildman–Crippen LogP) is 1.23. The molecule has 1 aliphatic carbocycles. The summed E-state index contributed by atoms with van der Waals surface area (Å²) in [6.45, 7) is 2.31. The molecule has 1 aliphatic heterocycles. The minimum Gasteiger partial charge on any atom is -0.465 e. The van der Waals surface area contributed by atoms with Crippen LogP contribution in [0.2, 0.25) is 0 Å². The van der Waals surface area contributed by atoms with E-state index in [1.807, 2.05) is 18.2 Å².